The third kappa shape index (κ3) is 3.32. The second kappa shape index (κ2) is 5.52. The molecule has 1 heterocycles. The topological polar surface area (TPSA) is 49.4 Å². The Morgan fingerprint density at radius 2 is 2.28 bits per heavy atom. The highest BCUT2D eigenvalue weighted by molar-refractivity contribution is 7.07. The van der Waals surface area contributed by atoms with Gasteiger partial charge < -0.3 is 10.2 Å². The summed E-state index contributed by atoms with van der Waals surface area (Å²) < 4.78 is 0. The average Bonchev–Trinajstić information content (AvgIpc) is 2.86. The zero-order valence-corrected chi connectivity index (χ0v) is 11.5. The van der Waals surface area contributed by atoms with Crippen LogP contribution in [0.4, 0.5) is 0 Å². The van der Waals surface area contributed by atoms with Gasteiger partial charge in [0.2, 0.25) is 11.8 Å². The maximum absolute atomic E-state index is 11.8. The summed E-state index contributed by atoms with van der Waals surface area (Å²) in [5.41, 5.74) is 1.12. The predicted octanol–water partition coefficient (Wildman–Crippen LogP) is 1.48. The molecule has 0 unspecified atom stereocenters. The first kappa shape index (κ1) is 13.1. The highest BCUT2D eigenvalue weighted by Gasteiger charge is 2.39. The lowest BCUT2D eigenvalue weighted by Gasteiger charge is -2.16. The van der Waals surface area contributed by atoms with Gasteiger partial charge in [-0.05, 0) is 34.7 Å². The van der Waals surface area contributed by atoms with E-state index in [9.17, 15) is 9.59 Å². The van der Waals surface area contributed by atoms with Gasteiger partial charge in [-0.1, -0.05) is 6.92 Å². The summed E-state index contributed by atoms with van der Waals surface area (Å²) in [4.78, 5) is 25.0. The summed E-state index contributed by atoms with van der Waals surface area (Å²) in [7, 11) is 1.76. The number of amides is 2. The first-order chi connectivity index (χ1) is 8.58. The highest BCUT2D eigenvalue weighted by atomic mass is 32.1. The van der Waals surface area contributed by atoms with Gasteiger partial charge in [0, 0.05) is 19.5 Å². The number of likely N-dealkylation sites (N-methyl/N-ethyl adjacent to an activating group) is 1. The molecule has 0 radical (unpaired) electrons. The van der Waals surface area contributed by atoms with Crippen molar-refractivity contribution < 1.29 is 9.59 Å². The van der Waals surface area contributed by atoms with Gasteiger partial charge in [0.15, 0.2) is 0 Å². The summed E-state index contributed by atoms with van der Waals surface area (Å²) in [6.45, 7) is 2.75. The molecular formula is C13H18N2O2S. The van der Waals surface area contributed by atoms with Gasteiger partial charge in [0.05, 0.1) is 6.54 Å². The molecule has 1 aromatic rings. The van der Waals surface area contributed by atoms with Crippen LogP contribution >= 0.6 is 11.3 Å². The van der Waals surface area contributed by atoms with Crippen LogP contribution in [0.5, 0.6) is 0 Å². The largest absolute Gasteiger partial charge is 0.347 e. The predicted molar refractivity (Wildman–Crippen MR) is 71.1 cm³/mol. The molecule has 0 aliphatic heterocycles. The number of carbonyl (C=O) groups is 2. The fraction of sp³-hybridized carbons (Fsp3) is 0.538. The van der Waals surface area contributed by atoms with Crippen LogP contribution in [0.3, 0.4) is 0 Å². The van der Waals surface area contributed by atoms with Crippen LogP contribution in [0.25, 0.3) is 0 Å². The second-order valence-corrected chi connectivity index (χ2v) is 5.70. The summed E-state index contributed by atoms with van der Waals surface area (Å²) in [5.74, 6) is 0.561. The molecule has 1 N–H and O–H groups in total. The number of hydrogen-bond acceptors (Lipinski definition) is 3. The Morgan fingerprint density at radius 1 is 1.56 bits per heavy atom. The van der Waals surface area contributed by atoms with E-state index in [1.54, 1.807) is 23.3 Å². The first-order valence-corrected chi connectivity index (χ1v) is 7.05. The number of thiophene rings is 1. The van der Waals surface area contributed by atoms with Crippen molar-refractivity contribution in [2.45, 2.75) is 19.9 Å². The van der Waals surface area contributed by atoms with Crippen LogP contribution in [0, 0.1) is 11.8 Å². The lowest BCUT2D eigenvalue weighted by atomic mass is 10.3. The highest BCUT2D eigenvalue weighted by Crippen LogP contribution is 2.37. The lowest BCUT2D eigenvalue weighted by Crippen LogP contribution is -2.38. The number of carbonyl (C=O) groups excluding carboxylic acids is 2. The Bertz CT molecular complexity index is 430. The molecule has 1 fully saturated rings. The van der Waals surface area contributed by atoms with Crippen molar-refractivity contribution in [3.8, 4) is 0 Å². The molecular weight excluding hydrogens is 248 g/mol. The van der Waals surface area contributed by atoms with Crippen LogP contribution in [-0.4, -0.2) is 30.3 Å². The Balaban J connectivity index is 1.72. The van der Waals surface area contributed by atoms with E-state index < -0.39 is 0 Å². The van der Waals surface area contributed by atoms with E-state index in [0.717, 1.165) is 12.0 Å². The summed E-state index contributed by atoms with van der Waals surface area (Å²) in [6, 6.07) is 2.00. The van der Waals surface area contributed by atoms with Crippen LogP contribution in [0.1, 0.15) is 18.9 Å². The second-order valence-electron chi connectivity index (χ2n) is 4.92. The van der Waals surface area contributed by atoms with Crippen molar-refractivity contribution in [2.75, 3.05) is 13.6 Å². The van der Waals surface area contributed by atoms with E-state index in [-0.39, 0.29) is 24.3 Å². The SMILES string of the molecule is C[C@@H]1C[C@H]1C(=O)NCC(=O)N(C)Cc1ccsc1. The Kier molecular flexibility index (Phi) is 4.01. The van der Waals surface area contributed by atoms with Crippen LogP contribution in [-0.2, 0) is 16.1 Å². The van der Waals surface area contributed by atoms with Crippen LogP contribution in [0.15, 0.2) is 16.8 Å². The smallest absolute Gasteiger partial charge is 0.242 e. The van der Waals surface area contributed by atoms with Gasteiger partial charge >= 0.3 is 0 Å². The summed E-state index contributed by atoms with van der Waals surface area (Å²) >= 11 is 1.62. The van der Waals surface area contributed by atoms with Crippen LogP contribution < -0.4 is 5.32 Å². The van der Waals surface area contributed by atoms with E-state index in [2.05, 4.69) is 12.2 Å². The monoisotopic (exact) mass is 266 g/mol. The minimum absolute atomic E-state index is 0.0137. The zero-order valence-electron chi connectivity index (χ0n) is 10.7. The molecule has 4 nitrogen and oxygen atoms in total. The number of nitrogens with zero attached hydrogens (tertiary/aromatic N) is 1. The minimum atomic E-state index is -0.0529. The molecule has 1 aliphatic carbocycles. The quantitative estimate of drug-likeness (QED) is 0.877. The van der Waals surface area contributed by atoms with Gasteiger partial charge in [-0.2, -0.15) is 11.3 Å². The van der Waals surface area contributed by atoms with Gasteiger partial charge in [-0.25, -0.2) is 0 Å². The van der Waals surface area contributed by atoms with Gasteiger partial charge in [-0.15, -0.1) is 0 Å². The third-order valence-corrected chi connectivity index (χ3v) is 4.02. The molecule has 0 saturated heterocycles. The summed E-state index contributed by atoms with van der Waals surface area (Å²) in [5, 5.41) is 6.72. The van der Waals surface area contributed by atoms with Gasteiger partial charge in [0.1, 0.15) is 0 Å². The van der Waals surface area contributed by atoms with Crippen molar-refractivity contribution in [3.05, 3.63) is 22.4 Å². The van der Waals surface area contributed by atoms with E-state index in [1.165, 1.54) is 0 Å². The average molecular weight is 266 g/mol. The fourth-order valence-electron chi connectivity index (χ4n) is 1.86. The maximum Gasteiger partial charge on any atom is 0.242 e. The molecule has 2 atom stereocenters. The molecule has 2 amide bonds. The minimum Gasteiger partial charge on any atom is -0.347 e. The molecule has 5 heteroatoms. The fourth-order valence-corrected chi connectivity index (χ4v) is 2.52. The molecule has 98 valence electrons. The molecule has 18 heavy (non-hydrogen) atoms. The van der Waals surface area contributed by atoms with E-state index in [4.69, 9.17) is 0 Å². The molecule has 1 aromatic heterocycles. The van der Waals surface area contributed by atoms with Crippen molar-refractivity contribution in [1.82, 2.24) is 10.2 Å². The van der Waals surface area contributed by atoms with E-state index in [0.29, 0.717) is 12.5 Å². The number of hydrogen-bond donors (Lipinski definition) is 1. The molecule has 0 aromatic carbocycles. The third-order valence-electron chi connectivity index (χ3n) is 3.29. The number of nitrogens with one attached hydrogen (secondary N) is 1. The lowest BCUT2D eigenvalue weighted by molar-refractivity contribution is -0.132. The normalized spacial score (nSPS) is 21.4. The Morgan fingerprint density at radius 3 is 2.83 bits per heavy atom. The van der Waals surface area contributed by atoms with E-state index >= 15 is 0 Å². The molecule has 1 aliphatic rings. The maximum atomic E-state index is 11.8. The van der Waals surface area contributed by atoms with Crippen LogP contribution in [0.2, 0.25) is 0 Å². The van der Waals surface area contributed by atoms with Gasteiger partial charge in [-0.3, -0.25) is 9.59 Å². The first-order valence-electron chi connectivity index (χ1n) is 6.10. The standard InChI is InChI=1S/C13H18N2O2S/c1-9-5-11(9)13(17)14-6-12(16)15(2)7-10-3-4-18-8-10/h3-4,8-9,11H,5-7H2,1-2H3,(H,14,17)/t9-,11-/m1/s1. The number of rotatable bonds is 5. The summed E-state index contributed by atoms with van der Waals surface area (Å²) in [6.07, 6.45) is 0.949. The Hall–Kier alpha value is -1.36. The van der Waals surface area contributed by atoms with Crippen molar-refractivity contribution >= 4 is 23.2 Å². The van der Waals surface area contributed by atoms with Gasteiger partial charge in [0.25, 0.3) is 0 Å². The van der Waals surface area contributed by atoms with Crippen molar-refractivity contribution in [2.24, 2.45) is 11.8 Å². The molecule has 2 rings (SSSR count). The zero-order chi connectivity index (χ0) is 13.1. The molecule has 0 bridgehead atoms. The molecule has 0 spiro atoms. The van der Waals surface area contributed by atoms with E-state index in [1.807, 2.05) is 16.8 Å². The van der Waals surface area contributed by atoms with Crippen molar-refractivity contribution in [1.29, 1.82) is 0 Å². The van der Waals surface area contributed by atoms with Crippen molar-refractivity contribution in [3.63, 3.8) is 0 Å². The molecule has 1 saturated carbocycles. The Labute approximate surface area is 111 Å².